The lowest BCUT2D eigenvalue weighted by molar-refractivity contribution is 0.300. The molecule has 16 heavy (non-hydrogen) atoms. The fourth-order valence-electron chi connectivity index (χ4n) is 1.65. The quantitative estimate of drug-likeness (QED) is 0.834. The SMILES string of the molecule is OCCN(Cc1ccco1)c1ccccc1. The molecule has 3 nitrogen and oxygen atoms in total. The first-order valence-corrected chi connectivity index (χ1v) is 5.33. The summed E-state index contributed by atoms with van der Waals surface area (Å²) in [5, 5.41) is 9.05. The molecule has 0 unspecified atom stereocenters. The molecule has 0 fully saturated rings. The Kier molecular flexibility index (Phi) is 3.62. The smallest absolute Gasteiger partial charge is 0.123 e. The van der Waals surface area contributed by atoms with Crippen LogP contribution in [0.5, 0.6) is 0 Å². The number of anilines is 1. The number of nitrogens with zero attached hydrogens (tertiary/aromatic N) is 1. The largest absolute Gasteiger partial charge is 0.467 e. The highest BCUT2D eigenvalue weighted by atomic mass is 16.3. The highest BCUT2D eigenvalue weighted by molar-refractivity contribution is 5.46. The lowest BCUT2D eigenvalue weighted by Crippen LogP contribution is -2.25. The van der Waals surface area contributed by atoms with Gasteiger partial charge in [-0.25, -0.2) is 0 Å². The topological polar surface area (TPSA) is 36.6 Å². The summed E-state index contributed by atoms with van der Waals surface area (Å²) in [7, 11) is 0. The Labute approximate surface area is 94.9 Å². The first-order valence-electron chi connectivity index (χ1n) is 5.33. The van der Waals surface area contributed by atoms with Crippen LogP contribution in [0.15, 0.2) is 53.1 Å². The molecule has 0 atom stereocenters. The summed E-state index contributed by atoms with van der Waals surface area (Å²) < 4.78 is 5.31. The molecule has 84 valence electrons. The van der Waals surface area contributed by atoms with Gasteiger partial charge in [0.1, 0.15) is 5.76 Å². The summed E-state index contributed by atoms with van der Waals surface area (Å²) in [6.07, 6.45) is 1.66. The van der Waals surface area contributed by atoms with Crippen molar-refractivity contribution in [3.8, 4) is 0 Å². The molecule has 1 heterocycles. The van der Waals surface area contributed by atoms with E-state index in [4.69, 9.17) is 9.52 Å². The summed E-state index contributed by atoms with van der Waals surface area (Å²) in [6.45, 7) is 1.41. The van der Waals surface area contributed by atoms with Gasteiger partial charge in [-0.15, -0.1) is 0 Å². The van der Waals surface area contributed by atoms with Gasteiger partial charge in [0.25, 0.3) is 0 Å². The molecule has 0 saturated carbocycles. The Bertz CT molecular complexity index is 397. The van der Waals surface area contributed by atoms with Gasteiger partial charge in [-0.3, -0.25) is 0 Å². The molecule has 0 radical (unpaired) electrons. The second-order valence-corrected chi connectivity index (χ2v) is 3.56. The van der Waals surface area contributed by atoms with Crippen LogP contribution >= 0.6 is 0 Å². The predicted molar refractivity (Wildman–Crippen MR) is 63.3 cm³/mol. The van der Waals surface area contributed by atoms with Crippen LogP contribution in [0.25, 0.3) is 0 Å². The van der Waals surface area contributed by atoms with Crippen molar-refractivity contribution >= 4 is 5.69 Å². The molecule has 2 aromatic rings. The number of aliphatic hydroxyl groups is 1. The second kappa shape index (κ2) is 5.37. The van der Waals surface area contributed by atoms with E-state index in [1.165, 1.54) is 0 Å². The maximum absolute atomic E-state index is 9.05. The third-order valence-electron chi connectivity index (χ3n) is 2.42. The molecule has 1 N–H and O–H groups in total. The summed E-state index contributed by atoms with van der Waals surface area (Å²) in [4.78, 5) is 2.08. The fourth-order valence-corrected chi connectivity index (χ4v) is 1.65. The van der Waals surface area contributed by atoms with Gasteiger partial charge in [0.05, 0.1) is 19.4 Å². The summed E-state index contributed by atoms with van der Waals surface area (Å²) in [5.74, 6) is 0.900. The molecule has 3 heteroatoms. The van der Waals surface area contributed by atoms with Crippen molar-refractivity contribution in [1.29, 1.82) is 0 Å². The van der Waals surface area contributed by atoms with Crippen molar-refractivity contribution in [2.75, 3.05) is 18.1 Å². The number of rotatable bonds is 5. The fraction of sp³-hybridized carbons (Fsp3) is 0.231. The van der Waals surface area contributed by atoms with E-state index in [1.807, 2.05) is 42.5 Å². The van der Waals surface area contributed by atoms with Crippen LogP contribution in [0.3, 0.4) is 0 Å². The average Bonchev–Trinajstić information content (AvgIpc) is 2.83. The van der Waals surface area contributed by atoms with Gasteiger partial charge in [0.15, 0.2) is 0 Å². The van der Waals surface area contributed by atoms with Gasteiger partial charge in [-0.05, 0) is 24.3 Å². The van der Waals surface area contributed by atoms with Crippen LogP contribution < -0.4 is 4.90 Å². The Morgan fingerprint density at radius 2 is 1.88 bits per heavy atom. The van der Waals surface area contributed by atoms with E-state index in [2.05, 4.69) is 4.90 Å². The summed E-state index contributed by atoms with van der Waals surface area (Å²) in [5.41, 5.74) is 1.09. The molecule has 0 aliphatic heterocycles. The molecule has 1 aromatic heterocycles. The number of hydrogen-bond acceptors (Lipinski definition) is 3. The monoisotopic (exact) mass is 217 g/mol. The average molecular weight is 217 g/mol. The van der Waals surface area contributed by atoms with Crippen molar-refractivity contribution in [1.82, 2.24) is 0 Å². The molecule has 1 aromatic carbocycles. The lowest BCUT2D eigenvalue weighted by Gasteiger charge is -2.22. The van der Waals surface area contributed by atoms with E-state index in [-0.39, 0.29) is 6.61 Å². The molecule has 0 amide bonds. The van der Waals surface area contributed by atoms with E-state index in [1.54, 1.807) is 6.26 Å². The highest BCUT2D eigenvalue weighted by Gasteiger charge is 2.07. The standard InChI is InChI=1S/C13H15NO2/c15-9-8-14(11-13-7-4-10-16-13)12-5-2-1-3-6-12/h1-7,10,15H,8-9,11H2. The maximum atomic E-state index is 9.05. The molecule has 0 bridgehead atoms. The van der Waals surface area contributed by atoms with Gasteiger partial charge < -0.3 is 14.4 Å². The van der Waals surface area contributed by atoms with Crippen molar-refractivity contribution in [3.63, 3.8) is 0 Å². The maximum Gasteiger partial charge on any atom is 0.123 e. The van der Waals surface area contributed by atoms with Crippen LogP contribution in [-0.2, 0) is 6.54 Å². The lowest BCUT2D eigenvalue weighted by atomic mass is 10.2. The van der Waals surface area contributed by atoms with E-state index in [9.17, 15) is 0 Å². The Morgan fingerprint density at radius 1 is 1.06 bits per heavy atom. The molecular weight excluding hydrogens is 202 g/mol. The van der Waals surface area contributed by atoms with Crippen molar-refractivity contribution < 1.29 is 9.52 Å². The second-order valence-electron chi connectivity index (χ2n) is 3.56. The number of furan rings is 1. The van der Waals surface area contributed by atoms with Crippen molar-refractivity contribution in [2.45, 2.75) is 6.54 Å². The Morgan fingerprint density at radius 3 is 2.50 bits per heavy atom. The number of para-hydroxylation sites is 1. The van der Waals surface area contributed by atoms with E-state index in [0.717, 1.165) is 11.4 Å². The predicted octanol–water partition coefficient (Wildman–Crippen LogP) is 2.28. The minimum Gasteiger partial charge on any atom is -0.467 e. The van der Waals surface area contributed by atoms with Crippen molar-refractivity contribution in [3.05, 3.63) is 54.5 Å². The molecule has 2 rings (SSSR count). The highest BCUT2D eigenvalue weighted by Crippen LogP contribution is 2.16. The van der Waals surface area contributed by atoms with E-state index >= 15 is 0 Å². The molecule has 0 aliphatic carbocycles. The molecular formula is C13H15NO2. The zero-order valence-corrected chi connectivity index (χ0v) is 9.04. The van der Waals surface area contributed by atoms with Gasteiger partial charge in [0, 0.05) is 12.2 Å². The minimum atomic E-state index is 0.135. The molecule has 0 spiro atoms. The van der Waals surface area contributed by atoms with Crippen LogP contribution in [-0.4, -0.2) is 18.3 Å². The third-order valence-corrected chi connectivity index (χ3v) is 2.42. The minimum absolute atomic E-state index is 0.135. The van der Waals surface area contributed by atoms with Crippen molar-refractivity contribution in [2.24, 2.45) is 0 Å². The van der Waals surface area contributed by atoms with E-state index < -0.39 is 0 Å². The summed E-state index contributed by atoms with van der Waals surface area (Å²) >= 11 is 0. The normalized spacial score (nSPS) is 10.3. The van der Waals surface area contributed by atoms with Gasteiger partial charge in [-0.2, -0.15) is 0 Å². The zero-order valence-electron chi connectivity index (χ0n) is 9.04. The van der Waals surface area contributed by atoms with Gasteiger partial charge in [0.2, 0.25) is 0 Å². The summed E-state index contributed by atoms with van der Waals surface area (Å²) in [6, 6.07) is 13.8. The van der Waals surface area contributed by atoms with Crippen LogP contribution in [0.1, 0.15) is 5.76 Å². The molecule has 0 aliphatic rings. The third kappa shape index (κ3) is 2.64. The number of aliphatic hydroxyl groups excluding tert-OH is 1. The van der Waals surface area contributed by atoms with E-state index in [0.29, 0.717) is 13.1 Å². The van der Waals surface area contributed by atoms with Crippen LogP contribution in [0.4, 0.5) is 5.69 Å². The van der Waals surface area contributed by atoms with Gasteiger partial charge in [-0.1, -0.05) is 18.2 Å². The first-order chi connectivity index (χ1) is 7.90. The molecule has 0 saturated heterocycles. The van der Waals surface area contributed by atoms with Gasteiger partial charge >= 0.3 is 0 Å². The van der Waals surface area contributed by atoms with Crippen LogP contribution in [0, 0.1) is 0 Å². The first kappa shape index (κ1) is 10.8. The Balaban J connectivity index is 2.11. The number of hydrogen-bond donors (Lipinski definition) is 1. The van der Waals surface area contributed by atoms with Crippen LogP contribution in [0.2, 0.25) is 0 Å². The Hall–Kier alpha value is -1.74. The zero-order chi connectivity index (χ0) is 11.2. The number of benzene rings is 1.